The summed E-state index contributed by atoms with van der Waals surface area (Å²) in [5, 5.41) is 3.24. The summed E-state index contributed by atoms with van der Waals surface area (Å²) in [6.07, 6.45) is 1.53. The van der Waals surface area contributed by atoms with Crippen LogP contribution in [0.2, 0.25) is 5.02 Å². The molecule has 1 aromatic carbocycles. The second-order valence-corrected chi connectivity index (χ2v) is 5.81. The first kappa shape index (κ1) is 17.2. The van der Waals surface area contributed by atoms with Gasteiger partial charge in [-0.15, -0.1) is 0 Å². The zero-order valence-corrected chi connectivity index (χ0v) is 14.4. The highest BCUT2D eigenvalue weighted by molar-refractivity contribution is 6.31. The highest BCUT2D eigenvalue weighted by Gasteiger charge is 2.32. The molecule has 2 heterocycles. The van der Waals surface area contributed by atoms with Crippen molar-refractivity contribution in [2.75, 3.05) is 6.61 Å². The summed E-state index contributed by atoms with van der Waals surface area (Å²) in [7, 11) is 0. The maximum atomic E-state index is 13.4. The molecule has 0 bridgehead atoms. The first-order valence-electron chi connectivity index (χ1n) is 7.72. The fourth-order valence-corrected chi connectivity index (χ4v) is 2.91. The minimum Gasteiger partial charge on any atom is -0.463 e. The maximum absolute atomic E-state index is 13.4. The van der Waals surface area contributed by atoms with Crippen molar-refractivity contribution in [1.29, 1.82) is 0 Å². The Morgan fingerprint density at radius 3 is 2.88 bits per heavy atom. The lowest BCUT2D eigenvalue weighted by atomic mass is 9.95. The molecular weight excluding hydrogens is 347 g/mol. The quantitative estimate of drug-likeness (QED) is 0.835. The standard InChI is InChI=1S/C18H16ClFN2O3/c1-3-24-18(23)15-10(2)21-17(14-5-4-8-25-14)22-16(15)12-7-6-11(20)9-13(12)19/h4-9,16H,3H2,1-2H3,(H,21,22). The highest BCUT2D eigenvalue weighted by atomic mass is 35.5. The summed E-state index contributed by atoms with van der Waals surface area (Å²) in [5.74, 6) is 0.0166. The van der Waals surface area contributed by atoms with E-state index >= 15 is 0 Å². The Hall–Kier alpha value is -2.60. The molecule has 3 rings (SSSR count). The smallest absolute Gasteiger partial charge is 0.338 e. The third kappa shape index (κ3) is 3.44. The summed E-state index contributed by atoms with van der Waals surface area (Å²) in [6.45, 7) is 3.70. The molecule has 7 heteroatoms. The zero-order valence-electron chi connectivity index (χ0n) is 13.7. The molecule has 0 saturated carbocycles. The van der Waals surface area contributed by atoms with Crippen LogP contribution in [0.5, 0.6) is 0 Å². The molecule has 1 aromatic heterocycles. The molecule has 0 saturated heterocycles. The van der Waals surface area contributed by atoms with Gasteiger partial charge >= 0.3 is 5.97 Å². The van der Waals surface area contributed by atoms with Crippen LogP contribution in [0, 0.1) is 5.82 Å². The Labute approximate surface area is 149 Å². The third-order valence-corrected chi connectivity index (χ3v) is 4.08. The number of allylic oxidation sites excluding steroid dienone is 1. The number of aliphatic imine (C=N–C) groups is 1. The number of ether oxygens (including phenoxy) is 1. The van der Waals surface area contributed by atoms with Crippen molar-refractivity contribution in [3.8, 4) is 0 Å². The van der Waals surface area contributed by atoms with E-state index in [1.807, 2.05) is 0 Å². The Bertz CT molecular complexity index is 859. The van der Waals surface area contributed by atoms with Crippen molar-refractivity contribution >= 4 is 23.4 Å². The van der Waals surface area contributed by atoms with Gasteiger partial charge in [0.05, 0.1) is 18.4 Å². The van der Waals surface area contributed by atoms with Crippen molar-refractivity contribution in [2.24, 2.45) is 4.99 Å². The van der Waals surface area contributed by atoms with Crippen LogP contribution < -0.4 is 5.32 Å². The first-order chi connectivity index (χ1) is 12.0. The number of hydrogen-bond donors (Lipinski definition) is 1. The third-order valence-electron chi connectivity index (χ3n) is 3.75. The van der Waals surface area contributed by atoms with Crippen LogP contribution in [0.15, 0.2) is 57.3 Å². The number of benzene rings is 1. The van der Waals surface area contributed by atoms with Gasteiger partial charge in [-0.05, 0) is 38.1 Å². The van der Waals surface area contributed by atoms with Gasteiger partial charge in [0.2, 0.25) is 0 Å². The Morgan fingerprint density at radius 2 is 2.24 bits per heavy atom. The number of halogens is 2. The van der Waals surface area contributed by atoms with Gasteiger partial charge in [0.15, 0.2) is 11.6 Å². The molecule has 1 atom stereocenters. The lowest BCUT2D eigenvalue weighted by molar-refractivity contribution is -0.138. The number of esters is 1. The molecule has 25 heavy (non-hydrogen) atoms. The topological polar surface area (TPSA) is 63.8 Å². The van der Waals surface area contributed by atoms with E-state index in [1.54, 1.807) is 26.0 Å². The molecule has 1 unspecified atom stereocenters. The molecular formula is C18H16ClFN2O3. The van der Waals surface area contributed by atoms with Gasteiger partial charge in [0, 0.05) is 16.3 Å². The molecule has 1 N–H and O–H groups in total. The number of furan rings is 1. The van der Waals surface area contributed by atoms with Gasteiger partial charge in [-0.2, -0.15) is 0 Å². The van der Waals surface area contributed by atoms with Gasteiger partial charge in [-0.3, -0.25) is 4.99 Å². The molecule has 1 aliphatic rings. The predicted octanol–water partition coefficient (Wildman–Crippen LogP) is 4.00. The van der Waals surface area contributed by atoms with Crippen molar-refractivity contribution in [3.63, 3.8) is 0 Å². The fraction of sp³-hybridized carbons (Fsp3) is 0.222. The zero-order chi connectivity index (χ0) is 18.0. The monoisotopic (exact) mass is 362 g/mol. The van der Waals surface area contributed by atoms with Crippen molar-refractivity contribution in [3.05, 3.63) is 70.0 Å². The van der Waals surface area contributed by atoms with Gasteiger partial charge < -0.3 is 14.5 Å². The minimum absolute atomic E-state index is 0.184. The second kappa shape index (κ2) is 7.11. The molecule has 0 aliphatic carbocycles. The van der Waals surface area contributed by atoms with Crippen LogP contribution in [0.1, 0.15) is 31.2 Å². The van der Waals surface area contributed by atoms with Crippen molar-refractivity contribution in [1.82, 2.24) is 5.32 Å². The lowest BCUT2D eigenvalue weighted by Crippen LogP contribution is -2.32. The van der Waals surface area contributed by atoms with Crippen molar-refractivity contribution in [2.45, 2.75) is 19.9 Å². The molecule has 5 nitrogen and oxygen atoms in total. The Balaban J connectivity index is 2.11. The SMILES string of the molecule is CCOC(=O)C1=C(C)NC(c2ccco2)=NC1c1ccc(F)cc1Cl. The van der Waals surface area contributed by atoms with E-state index in [4.69, 9.17) is 20.8 Å². The minimum atomic E-state index is -0.728. The molecule has 2 aromatic rings. The average molecular weight is 363 g/mol. The average Bonchev–Trinajstić information content (AvgIpc) is 3.08. The van der Waals surface area contributed by atoms with E-state index in [2.05, 4.69) is 10.3 Å². The number of nitrogens with one attached hydrogen (secondary N) is 1. The molecule has 0 fully saturated rings. The maximum Gasteiger partial charge on any atom is 0.338 e. The van der Waals surface area contributed by atoms with E-state index in [0.29, 0.717) is 28.4 Å². The van der Waals surface area contributed by atoms with E-state index in [9.17, 15) is 9.18 Å². The Morgan fingerprint density at radius 1 is 1.44 bits per heavy atom. The molecule has 130 valence electrons. The Kier molecular flexibility index (Phi) is 4.90. The lowest BCUT2D eigenvalue weighted by Gasteiger charge is -2.26. The largest absolute Gasteiger partial charge is 0.463 e. The summed E-state index contributed by atoms with van der Waals surface area (Å²) in [5.41, 5.74) is 1.41. The van der Waals surface area contributed by atoms with Gasteiger partial charge in [0.1, 0.15) is 11.9 Å². The number of hydrogen-bond acceptors (Lipinski definition) is 5. The fourth-order valence-electron chi connectivity index (χ4n) is 2.64. The summed E-state index contributed by atoms with van der Waals surface area (Å²) < 4.78 is 23.9. The number of carbonyl (C=O) groups excluding carboxylic acids is 1. The molecule has 0 spiro atoms. The number of amidine groups is 1. The van der Waals surface area contributed by atoms with Crippen LogP contribution in [-0.2, 0) is 9.53 Å². The number of nitrogens with zero attached hydrogens (tertiary/aromatic N) is 1. The molecule has 1 aliphatic heterocycles. The van der Waals surface area contributed by atoms with Crippen LogP contribution in [-0.4, -0.2) is 18.4 Å². The van der Waals surface area contributed by atoms with E-state index < -0.39 is 17.8 Å². The summed E-state index contributed by atoms with van der Waals surface area (Å²) in [6, 6.07) is 6.75. The van der Waals surface area contributed by atoms with E-state index in [0.717, 1.165) is 0 Å². The van der Waals surface area contributed by atoms with E-state index in [-0.39, 0.29) is 11.6 Å². The van der Waals surface area contributed by atoms with Gasteiger partial charge in [-0.1, -0.05) is 17.7 Å². The van der Waals surface area contributed by atoms with Gasteiger partial charge in [-0.25, -0.2) is 9.18 Å². The van der Waals surface area contributed by atoms with E-state index in [1.165, 1.54) is 24.5 Å². The number of rotatable bonds is 4. The molecule has 0 radical (unpaired) electrons. The van der Waals surface area contributed by atoms with Crippen molar-refractivity contribution < 1.29 is 18.3 Å². The van der Waals surface area contributed by atoms with Gasteiger partial charge in [0.25, 0.3) is 0 Å². The highest BCUT2D eigenvalue weighted by Crippen LogP contribution is 2.36. The van der Waals surface area contributed by atoms with Crippen LogP contribution >= 0.6 is 11.6 Å². The normalized spacial score (nSPS) is 17.1. The molecule has 0 amide bonds. The predicted molar refractivity (Wildman–Crippen MR) is 91.9 cm³/mol. The first-order valence-corrected chi connectivity index (χ1v) is 8.10. The summed E-state index contributed by atoms with van der Waals surface area (Å²) >= 11 is 6.20. The van der Waals surface area contributed by atoms with Crippen LogP contribution in [0.3, 0.4) is 0 Å². The van der Waals surface area contributed by atoms with Crippen LogP contribution in [0.25, 0.3) is 0 Å². The second-order valence-electron chi connectivity index (χ2n) is 5.41. The van der Waals surface area contributed by atoms with Crippen LogP contribution in [0.4, 0.5) is 4.39 Å². The number of carbonyl (C=O) groups is 1. The summed E-state index contributed by atoms with van der Waals surface area (Å²) in [4.78, 5) is 17.0.